The maximum absolute atomic E-state index is 10.8. The number of anilines is 1. The number of aromatic carboxylic acids is 1. The number of carboxylic acid groups (broad SMARTS) is 1. The Labute approximate surface area is 88.7 Å². The van der Waals surface area contributed by atoms with Crippen LogP contribution in [0.2, 0.25) is 0 Å². The van der Waals surface area contributed by atoms with Gasteiger partial charge in [-0.15, -0.1) is 0 Å². The molecule has 0 aliphatic carbocycles. The van der Waals surface area contributed by atoms with E-state index in [-0.39, 0.29) is 5.69 Å². The number of nitrogens with one attached hydrogen (secondary N) is 1. The lowest BCUT2D eigenvalue weighted by atomic mass is 10.3. The Kier molecular flexibility index (Phi) is 4.05. The van der Waals surface area contributed by atoms with Crippen LogP contribution in [0.5, 0.6) is 0 Å². The molecule has 0 aromatic carbocycles. The fourth-order valence-corrected chi connectivity index (χ4v) is 1.13. The highest BCUT2D eigenvalue weighted by atomic mass is 16.4. The summed E-state index contributed by atoms with van der Waals surface area (Å²) < 4.78 is 0. The average Bonchev–Trinajstić information content (AvgIpc) is 2.17. The average molecular weight is 209 g/mol. The predicted octanol–water partition coefficient (Wildman–Crippen LogP) is 0.753. The van der Waals surface area contributed by atoms with Crippen LogP contribution in [0, 0.1) is 0 Å². The van der Waals surface area contributed by atoms with E-state index in [1.807, 2.05) is 19.0 Å². The first-order valence-corrected chi connectivity index (χ1v) is 4.68. The minimum atomic E-state index is -1.01. The van der Waals surface area contributed by atoms with Crippen molar-refractivity contribution in [3.63, 3.8) is 0 Å². The third-order valence-corrected chi connectivity index (χ3v) is 1.88. The molecule has 0 aliphatic rings. The number of carboxylic acids is 1. The van der Waals surface area contributed by atoms with Gasteiger partial charge in [0, 0.05) is 19.3 Å². The van der Waals surface area contributed by atoms with Gasteiger partial charge < -0.3 is 15.3 Å². The van der Waals surface area contributed by atoms with Crippen LogP contribution < -0.4 is 5.32 Å². The van der Waals surface area contributed by atoms with Crippen molar-refractivity contribution in [3.05, 3.63) is 24.0 Å². The maximum Gasteiger partial charge on any atom is 0.356 e. The van der Waals surface area contributed by atoms with E-state index in [1.165, 1.54) is 6.20 Å². The topological polar surface area (TPSA) is 65.5 Å². The van der Waals surface area contributed by atoms with Gasteiger partial charge in [-0.1, -0.05) is 0 Å². The van der Waals surface area contributed by atoms with Crippen molar-refractivity contribution < 1.29 is 9.90 Å². The molecule has 15 heavy (non-hydrogen) atoms. The smallest absolute Gasteiger partial charge is 0.356 e. The Morgan fingerprint density at radius 3 is 2.93 bits per heavy atom. The predicted molar refractivity (Wildman–Crippen MR) is 58.2 cm³/mol. The minimum absolute atomic E-state index is 0.0660. The molecule has 1 aromatic heterocycles. The summed E-state index contributed by atoms with van der Waals surface area (Å²) in [6, 6.07) is 3.43. The number of rotatable bonds is 5. The molecule has 1 rings (SSSR count). The molecule has 0 spiro atoms. The lowest BCUT2D eigenvalue weighted by Gasteiger charge is -2.12. The zero-order valence-corrected chi connectivity index (χ0v) is 8.90. The normalized spacial score (nSPS) is 10.3. The molecule has 0 saturated carbocycles. The Bertz CT molecular complexity index is 339. The summed E-state index contributed by atoms with van der Waals surface area (Å²) in [5.74, 6) is -1.01. The van der Waals surface area contributed by atoms with Gasteiger partial charge >= 0.3 is 5.97 Å². The highest BCUT2D eigenvalue weighted by Gasteiger charge is 2.09. The van der Waals surface area contributed by atoms with E-state index < -0.39 is 5.97 Å². The summed E-state index contributed by atoms with van der Waals surface area (Å²) in [5.41, 5.74) is 0.628. The van der Waals surface area contributed by atoms with Crippen molar-refractivity contribution >= 4 is 11.7 Å². The van der Waals surface area contributed by atoms with Gasteiger partial charge in [-0.05, 0) is 26.2 Å². The molecule has 82 valence electrons. The second-order valence-electron chi connectivity index (χ2n) is 3.43. The second-order valence-corrected chi connectivity index (χ2v) is 3.43. The molecule has 0 radical (unpaired) electrons. The van der Waals surface area contributed by atoms with E-state index in [9.17, 15) is 4.79 Å². The SMILES string of the molecule is CN(C)CCNc1cccnc1C(=O)O. The maximum atomic E-state index is 10.8. The molecule has 0 saturated heterocycles. The monoisotopic (exact) mass is 209 g/mol. The first-order chi connectivity index (χ1) is 7.11. The first kappa shape index (κ1) is 11.5. The molecule has 1 heterocycles. The van der Waals surface area contributed by atoms with Crippen molar-refractivity contribution in [2.45, 2.75) is 0 Å². The van der Waals surface area contributed by atoms with Crippen LogP contribution in [0.3, 0.4) is 0 Å². The van der Waals surface area contributed by atoms with Crippen LogP contribution in [-0.2, 0) is 0 Å². The van der Waals surface area contributed by atoms with Gasteiger partial charge in [0.15, 0.2) is 5.69 Å². The van der Waals surface area contributed by atoms with Crippen LogP contribution >= 0.6 is 0 Å². The lowest BCUT2D eigenvalue weighted by molar-refractivity contribution is 0.0691. The summed E-state index contributed by atoms with van der Waals surface area (Å²) in [6.45, 7) is 1.53. The summed E-state index contributed by atoms with van der Waals surface area (Å²) >= 11 is 0. The molecular weight excluding hydrogens is 194 g/mol. The Balaban J connectivity index is 2.63. The van der Waals surface area contributed by atoms with E-state index in [1.54, 1.807) is 12.1 Å². The number of carbonyl (C=O) groups is 1. The largest absolute Gasteiger partial charge is 0.476 e. The molecule has 5 heteroatoms. The van der Waals surface area contributed by atoms with Crippen molar-refractivity contribution in [1.29, 1.82) is 0 Å². The second kappa shape index (κ2) is 5.31. The van der Waals surface area contributed by atoms with Gasteiger partial charge in [-0.3, -0.25) is 0 Å². The highest BCUT2D eigenvalue weighted by Crippen LogP contribution is 2.11. The van der Waals surface area contributed by atoms with E-state index in [4.69, 9.17) is 5.11 Å². The Morgan fingerprint density at radius 1 is 1.60 bits per heavy atom. The van der Waals surface area contributed by atoms with Gasteiger partial charge in [0.25, 0.3) is 0 Å². The van der Waals surface area contributed by atoms with Crippen LogP contribution in [0.1, 0.15) is 10.5 Å². The molecule has 0 bridgehead atoms. The molecule has 0 amide bonds. The number of nitrogens with zero attached hydrogens (tertiary/aromatic N) is 2. The molecule has 5 nitrogen and oxygen atoms in total. The quantitative estimate of drug-likeness (QED) is 0.749. The van der Waals surface area contributed by atoms with Crippen LogP contribution in [0.25, 0.3) is 0 Å². The molecule has 2 N–H and O–H groups in total. The molecule has 0 fully saturated rings. The molecular formula is C10H15N3O2. The zero-order valence-electron chi connectivity index (χ0n) is 8.90. The van der Waals surface area contributed by atoms with Crippen LogP contribution in [-0.4, -0.2) is 48.1 Å². The fraction of sp³-hybridized carbons (Fsp3) is 0.400. The molecule has 0 unspecified atom stereocenters. The zero-order chi connectivity index (χ0) is 11.3. The summed E-state index contributed by atoms with van der Waals surface area (Å²) in [4.78, 5) is 16.6. The summed E-state index contributed by atoms with van der Waals surface area (Å²) in [5, 5.41) is 11.9. The van der Waals surface area contributed by atoms with Gasteiger partial charge in [-0.25, -0.2) is 9.78 Å². The first-order valence-electron chi connectivity index (χ1n) is 4.68. The van der Waals surface area contributed by atoms with E-state index in [0.717, 1.165) is 6.54 Å². The van der Waals surface area contributed by atoms with E-state index >= 15 is 0 Å². The standard InChI is InChI=1S/C10H15N3O2/c1-13(2)7-6-11-8-4-3-5-12-9(8)10(14)15/h3-5,11H,6-7H2,1-2H3,(H,14,15). The van der Waals surface area contributed by atoms with Crippen molar-refractivity contribution in [3.8, 4) is 0 Å². The molecule has 0 atom stereocenters. The van der Waals surface area contributed by atoms with Crippen molar-refractivity contribution in [1.82, 2.24) is 9.88 Å². The van der Waals surface area contributed by atoms with Gasteiger partial charge in [0.05, 0.1) is 5.69 Å². The van der Waals surface area contributed by atoms with E-state index in [2.05, 4.69) is 10.3 Å². The van der Waals surface area contributed by atoms with Crippen LogP contribution in [0.4, 0.5) is 5.69 Å². The molecule has 1 aromatic rings. The fourth-order valence-electron chi connectivity index (χ4n) is 1.13. The number of hydrogen-bond acceptors (Lipinski definition) is 4. The van der Waals surface area contributed by atoms with Crippen molar-refractivity contribution in [2.75, 3.05) is 32.5 Å². The Hall–Kier alpha value is -1.62. The molecule has 0 aliphatic heterocycles. The Morgan fingerprint density at radius 2 is 2.33 bits per heavy atom. The van der Waals surface area contributed by atoms with Crippen molar-refractivity contribution in [2.24, 2.45) is 0 Å². The summed E-state index contributed by atoms with van der Waals surface area (Å²) in [7, 11) is 3.92. The number of hydrogen-bond donors (Lipinski definition) is 2. The van der Waals surface area contributed by atoms with Gasteiger partial charge in [-0.2, -0.15) is 0 Å². The number of pyridine rings is 1. The van der Waals surface area contributed by atoms with Gasteiger partial charge in [0.1, 0.15) is 0 Å². The number of aromatic nitrogens is 1. The van der Waals surface area contributed by atoms with Gasteiger partial charge in [0.2, 0.25) is 0 Å². The van der Waals surface area contributed by atoms with Crippen LogP contribution in [0.15, 0.2) is 18.3 Å². The third kappa shape index (κ3) is 3.55. The minimum Gasteiger partial charge on any atom is -0.476 e. The highest BCUT2D eigenvalue weighted by molar-refractivity contribution is 5.91. The third-order valence-electron chi connectivity index (χ3n) is 1.88. The lowest BCUT2D eigenvalue weighted by Crippen LogP contribution is -2.21. The number of likely N-dealkylation sites (N-methyl/N-ethyl adjacent to an activating group) is 1. The summed E-state index contributed by atoms with van der Waals surface area (Å²) in [6.07, 6.45) is 1.47. The van der Waals surface area contributed by atoms with E-state index in [0.29, 0.717) is 12.2 Å².